The average Bonchev–Trinajstić information content (AvgIpc) is 2.90. The number of carbonyl (C=O) groups excluding carboxylic acids is 1. The van der Waals surface area contributed by atoms with Crippen LogP contribution in [0.5, 0.6) is 0 Å². The van der Waals surface area contributed by atoms with E-state index in [1.54, 1.807) is 0 Å². The van der Waals surface area contributed by atoms with E-state index < -0.39 is 0 Å². The molecular weight excluding hydrogens is 252 g/mol. The van der Waals surface area contributed by atoms with Crippen LogP contribution in [0.3, 0.4) is 0 Å². The molecule has 3 rings (SSSR count). The number of alkyl carbamates (subject to hydrolysis) is 1. The number of hydrogen-bond donors (Lipinski definition) is 1. The van der Waals surface area contributed by atoms with E-state index in [1.165, 1.54) is 5.56 Å². The van der Waals surface area contributed by atoms with Crippen molar-refractivity contribution >= 4 is 6.09 Å². The summed E-state index contributed by atoms with van der Waals surface area (Å²) in [6.07, 6.45) is 0.750. The van der Waals surface area contributed by atoms with E-state index in [0.29, 0.717) is 5.92 Å². The molecule has 1 N–H and O–H groups in total. The van der Waals surface area contributed by atoms with Crippen LogP contribution in [0.4, 0.5) is 4.79 Å². The monoisotopic (exact) mass is 274 g/mol. The lowest BCUT2D eigenvalue weighted by molar-refractivity contribution is 0.110. The molecule has 0 aromatic heterocycles. The van der Waals surface area contributed by atoms with Gasteiger partial charge in [0.1, 0.15) is 0 Å². The second-order valence-corrected chi connectivity index (χ2v) is 6.29. The van der Waals surface area contributed by atoms with Crippen molar-refractivity contribution in [2.45, 2.75) is 38.5 Å². The Labute approximate surface area is 120 Å². The first-order valence-corrected chi connectivity index (χ1v) is 7.32. The first-order valence-electron chi connectivity index (χ1n) is 7.32. The molecule has 1 saturated carbocycles. The number of likely N-dealkylation sites (tertiary alicyclic amines) is 1. The summed E-state index contributed by atoms with van der Waals surface area (Å²) >= 11 is 0. The van der Waals surface area contributed by atoms with Gasteiger partial charge in [-0.25, -0.2) is 4.79 Å². The fourth-order valence-electron chi connectivity index (χ4n) is 3.19. The molecule has 1 amide bonds. The first kappa shape index (κ1) is 13.4. The maximum Gasteiger partial charge on any atom is 0.407 e. The molecule has 0 radical (unpaired) electrons. The third-order valence-electron chi connectivity index (χ3n) is 4.16. The maximum absolute atomic E-state index is 11.8. The SMILES string of the molecule is CC(C)OC(=O)NC12CC1CN(Cc1ccccc1)C2. The topological polar surface area (TPSA) is 41.6 Å². The van der Waals surface area contributed by atoms with Gasteiger partial charge in [0.2, 0.25) is 0 Å². The van der Waals surface area contributed by atoms with Gasteiger partial charge in [0.05, 0.1) is 11.6 Å². The van der Waals surface area contributed by atoms with Gasteiger partial charge in [-0.05, 0) is 31.7 Å². The highest BCUT2D eigenvalue weighted by Gasteiger charge is 2.61. The zero-order valence-electron chi connectivity index (χ0n) is 12.1. The molecule has 1 saturated heterocycles. The van der Waals surface area contributed by atoms with Crippen LogP contribution < -0.4 is 5.32 Å². The van der Waals surface area contributed by atoms with Crippen LogP contribution in [-0.4, -0.2) is 35.7 Å². The summed E-state index contributed by atoms with van der Waals surface area (Å²) in [6.45, 7) is 6.70. The van der Waals surface area contributed by atoms with E-state index in [-0.39, 0.29) is 17.7 Å². The van der Waals surface area contributed by atoms with E-state index in [1.807, 2.05) is 19.9 Å². The van der Waals surface area contributed by atoms with Gasteiger partial charge in [0.25, 0.3) is 0 Å². The minimum Gasteiger partial charge on any atom is -0.447 e. The molecule has 108 valence electrons. The normalized spacial score (nSPS) is 28.2. The Balaban J connectivity index is 1.54. The zero-order valence-corrected chi connectivity index (χ0v) is 12.1. The second-order valence-electron chi connectivity index (χ2n) is 6.29. The van der Waals surface area contributed by atoms with Gasteiger partial charge in [-0.1, -0.05) is 30.3 Å². The van der Waals surface area contributed by atoms with Gasteiger partial charge < -0.3 is 10.1 Å². The fraction of sp³-hybridized carbons (Fsp3) is 0.562. The third-order valence-corrected chi connectivity index (χ3v) is 4.16. The Morgan fingerprint density at radius 2 is 2.20 bits per heavy atom. The summed E-state index contributed by atoms with van der Waals surface area (Å²) in [4.78, 5) is 14.2. The summed E-state index contributed by atoms with van der Waals surface area (Å²) in [7, 11) is 0. The van der Waals surface area contributed by atoms with Crippen molar-refractivity contribution in [3.05, 3.63) is 35.9 Å². The van der Waals surface area contributed by atoms with E-state index in [4.69, 9.17) is 4.74 Å². The lowest BCUT2D eigenvalue weighted by Gasteiger charge is -2.21. The number of hydrogen-bond acceptors (Lipinski definition) is 3. The molecule has 20 heavy (non-hydrogen) atoms. The van der Waals surface area contributed by atoms with Crippen LogP contribution >= 0.6 is 0 Å². The standard InChI is InChI=1S/C16H22N2O2/c1-12(2)20-15(19)17-16-8-14(16)10-18(11-16)9-13-6-4-3-5-7-13/h3-7,12,14H,8-11H2,1-2H3,(H,17,19). The third kappa shape index (κ3) is 2.80. The molecule has 4 heteroatoms. The Morgan fingerprint density at radius 1 is 1.45 bits per heavy atom. The molecule has 4 nitrogen and oxygen atoms in total. The molecule has 1 aromatic rings. The van der Waals surface area contributed by atoms with Crippen molar-refractivity contribution in [1.82, 2.24) is 10.2 Å². The van der Waals surface area contributed by atoms with Crippen LogP contribution in [0.15, 0.2) is 30.3 Å². The van der Waals surface area contributed by atoms with Crippen molar-refractivity contribution in [3.8, 4) is 0 Å². The van der Waals surface area contributed by atoms with Crippen LogP contribution in [-0.2, 0) is 11.3 Å². The molecule has 1 aromatic carbocycles. The van der Waals surface area contributed by atoms with Crippen LogP contribution in [0.25, 0.3) is 0 Å². The Hall–Kier alpha value is -1.55. The summed E-state index contributed by atoms with van der Waals surface area (Å²) in [5.41, 5.74) is 1.30. The minimum atomic E-state index is -0.274. The van der Waals surface area contributed by atoms with Crippen molar-refractivity contribution in [1.29, 1.82) is 0 Å². The predicted octanol–water partition coefficient (Wildman–Crippen LogP) is 2.40. The lowest BCUT2D eigenvalue weighted by Crippen LogP contribution is -2.43. The molecule has 1 heterocycles. The maximum atomic E-state index is 11.8. The number of piperidine rings is 1. The number of benzene rings is 1. The minimum absolute atomic E-state index is 0.0270. The molecule has 1 aliphatic carbocycles. The molecule has 2 unspecified atom stereocenters. The summed E-state index contributed by atoms with van der Waals surface area (Å²) in [6, 6.07) is 10.5. The molecule has 2 aliphatic rings. The van der Waals surface area contributed by atoms with Gasteiger partial charge in [-0.3, -0.25) is 4.90 Å². The van der Waals surface area contributed by atoms with Crippen LogP contribution in [0.2, 0.25) is 0 Å². The summed E-state index contributed by atoms with van der Waals surface area (Å²) in [5, 5.41) is 3.07. The summed E-state index contributed by atoms with van der Waals surface area (Å²) < 4.78 is 5.19. The van der Waals surface area contributed by atoms with Crippen molar-refractivity contribution in [3.63, 3.8) is 0 Å². The number of ether oxygens (including phenoxy) is 1. The lowest BCUT2D eigenvalue weighted by atomic mass is 10.2. The van der Waals surface area contributed by atoms with E-state index in [0.717, 1.165) is 26.1 Å². The van der Waals surface area contributed by atoms with Gasteiger partial charge in [-0.15, -0.1) is 0 Å². The summed E-state index contributed by atoms with van der Waals surface area (Å²) in [5.74, 6) is 0.589. The number of rotatable bonds is 4. The fourth-order valence-corrected chi connectivity index (χ4v) is 3.19. The van der Waals surface area contributed by atoms with E-state index in [9.17, 15) is 4.79 Å². The van der Waals surface area contributed by atoms with E-state index >= 15 is 0 Å². The highest BCUT2D eigenvalue weighted by atomic mass is 16.6. The predicted molar refractivity (Wildman–Crippen MR) is 77.3 cm³/mol. The Kier molecular flexibility index (Phi) is 3.42. The highest BCUT2D eigenvalue weighted by Crippen LogP contribution is 2.49. The quantitative estimate of drug-likeness (QED) is 0.916. The number of nitrogens with zero attached hydrogens (tertiary/aromatic N) is 1. The Morgan fingerprint density at radius 3 is 2.90 bits per heavy atom. The van der Waals surface area contributed by atoms with Crippen LogP contribution in [0.1, 0.15) is 25.8 Å². The molecule has 0 bridgehead atoms. The number of nitrogens with one attached hydrogen (secondary N) is 1. The highest BCUT2D eigenvalue weighted by molar-refractivity contribution is 5.69. The van der Waals surface area contributed by atoms with Crippen molar-refractivity contribution in [2.24, 2.45) is 5.92 Å². The smallest absolute Gasteiger partial charge is 0.407 e. The number of carbonyl (C=O) groups is 1. The number of fused-ring (bicyclic) bond motifs is 1. The molecule has 1 aliphatic heterocycles. The Bertz CT molecular complexity index is 489. The van der Waals surface area contributed by atoms with Gasteiger partial charge in [-0.2, -0.15) is 0 Å². The first-order chi connectivity index (χ1) is 9.57. The molecule has 2 atom stereocenters. The van der Waals surface area contributed by atoms with E-state index in [2.05, 4.69) is 34.5 Å². The van der Waals surface area contributed by atoms with Crippen LogP contribution in [0, 0.1) is 5.92 Å². The number of amides is 1. The molecular formula is C16H22N2O2. The average molecular weight is 274 g/mol. The van der Waals surface area contributed by atoms with Gasteiger partial charge in [0, 0.05) is 19.6 Å². The van der Waals surface area contributed by atoms with Crippen molar-refractivity contribution < 1.29 is 9.53 Å². The van der Waals surface area contributed by atoms with Gasteiger partial charge in [0.15, 0.2) is 0 Å². The second kappa shape index (κ2) is 5.09. The molecule has 0 spiro atoms. The molecule has 2 fully saturated rings. The van der Waals surface area contributed by atoms with Gasteiger partial charge >= 0.3 is 6.09 Å². The zero-order chi connectivity index (χ0) is 14.2. The largest absolute Gasteiger partial charge is 0.447 e. The van der Waals surface area contributed by atoms with Crippen molar-refractivity contribution in [2.75, 3.05) is 13.1 Å².